The Hall–Kier alpha value is -0.0800. The lowest BCUT2D eigenvalue weighted by molar-refractivity contribution is 0.379. The quantitative estimate of drug-likeness (QED) is 0.529. The second-order valence-corrected chi connectivity index (χ2v) is 1.59. The molecule has 0 saturated carbocycles. The number of likely N-dealkylation sites (N-methyl/N-ethyl adjacent to an activating group) is 1. The van der Waals surface area contributed by atoms with Crippen molar-refractivity contribution in [3.05, 3.63) is 6.92 Å². The van der Waals surface area contributed by atoms with Crippen molar-refractivity contribution in [2.45, 2.75) is 0 Å². The minimum atomic E-state index is 0.728. The van der Waals surface area contributed by atoms with E-state index in [-0.39, 0.29) is 0 Å². The van der Waals surface area contributed by atoms with Crippen LogP contribution in [0.15, 0.2) is 0 Å². The Morgan fingerprint density at radius 2 is 2.29 bits per heavy atom. The third kappa shape index (κ3) is 3.76. The predicted octanol–water partition coefficient (Wildman–Crippen LogP) is -0.289. The highest BCUT2D eigenvalue weighted by Crippen LogP contribution is 1.73. The summed E-state index contributed by atoms with van der Waals surface area (Å²) in [7, 11) is 2.00. The lowest BCUT2D eigenvalue weighted by Crippen LogP contribution is -2.24. The Balaban J connectivity index is 2.83. The summed E-state index contributed by atoms with van der Waals surface area (Å²) >= 11 is 0. The largest absolute Gasteiger partial charge is 0.329 e. The van der Waals surface area contributed by atoms with Crippen LogP contribution in [0.3, 0.4) is 0 Å². The average Bonchev–Trinajstić information content (AvgIpc) is 1.68. The molecule has 0 aromatic heterocycles. The minimum absolute atomic E-state index is 0.728. The molecule has 0 aromatic rings. The molecule has 0 unspecified atom stereocenters. The molecule has 0 aliphatic carbocycles. The van der Waals surface area contributed by atoms with Gasteiger partial charge < -0.3 is 10.6 Å². The van der Waals surface area contributed by atoms with Crippen molar-refractivity contribution >= 4 is 0 Å². The zero-order chi connectivity index (χ0) is 5.70. The van der Waals surface area contributed by atoms with Crippen molar-refractivity contribution in [1.29, 1.82) is 0 Å². The van der Waals surface area contributed by atoms with Crippen LogP contribution >= 0.6 is 0 Å². The van der Waals surface area contributed by atoms with E-state index in [0.717, 1.165) is 19.6 Å². The maximum Gasteiger partial charge on any atom is 0.0102 e. The monoisotopic (exact) mass is 101 g/mol. The van der Waals surface area contributed by atoms with Gasteiger partial charge in [-0.05, 0) is 20.5 Å². The predicted molar refractivity (Wildman–Crippen MR) is 31.9 cm³/mol. The summed E-state index contributed by atoms with van der Waals surface area (Å²) in [6.07, 6.45) is 0. The van der Waals surface area contributed by atoms with Crippen LogP contribution in [0, 0.1) is 6.92 Å². The van der Waals surface area contributed by atoms with Gasteiger partial charge >= 0.3 is 0 Å². The lowest BCUT2D eigenvalue weighted by atomic mass is 10.5. The minimum Gasteiger partial charge on any atom is -0.329 e. The Morgan fingerprint density at radius 3 is 2.43 bits per heavy atom. The van der Waals surface area contributed by atoms with Crippen LogP contribution < -0.4 is 5.73 Å². The first-order valence-corrected chi connectivity index (χ1v) is 2.49. The van der Waals surface area contributed by atoms with Crippen molar-refractivity contribution in [3.63, 3.8) is 0 Å². The second kappa shape index (κ2) is 4.09. The van der Waals surface area contributed by atoms with Crippen molar-refractivity contribution in [1.82, 2.24) is 4.90 Å². The summed E-state index contributed by atoms with van der Waals surface area (Å²) in [6, 6.07) is 0. The van der Waals surface area contributed by atoms with Crippen molar-refractivity contribution in [2.75, 3.05) is 26.7 Å². The smallest absolute Gasteiger partial charge is 0.0102 e. The van der Waals surface area contributed by atoms with E-state index < -0.39 is 0 Å². The van der Waals surface area contributed by atoms with Crippen molar-refractivity contribution < 1.29 is 0 Å². The molecular weight excluding hydrogens is 88.1 g/mol. The maximum absolute atomic E-state index is 5.24. The Labute approximate surface area is 45.3 Å². The Bertz CT molecular complexity index is 37.1. The van der Waals surface area contributed by atoms with Crippen LogP contribution in [0.2, 0.25) is 0 Å². The fourth-order valence-electron chi connectivity index (χ4n) is 0.332. The van der Waals surface area contributed by atoms with Crippen LogP contribution in [-0.4, -0.2) is 31.6 Å². The molecule has 0 amide bonds. The van der Waals surface area contributed by atoms with Crippen molar-refractivity contribution in [2.24, 2.45) is 5.73 Å². The fraction of sp³-hybridized carbons (Fsp3) is 0.800. The first-order valence-electron chi connectivity index (χ1n) is 2.49. The number of nitrogens with two attached hydrogens (primary N) is 1. The van der Waals surface area contributed by atoms with Crippen LogP contribution in [0.5, 0.6) is 0 Å². The highest BCUT2D eigenvalue weighted by Gasteiger charge is 1.86. The zero-order valence-corrected chi connectivity index (χ0v) is 4.85. The molecule has 0 fully saturated rings. The highest BCUT2D eigenvalue weighted by atomic mass is 15.1. The number of nitrogens with zero attached hydrogens (tertiary/aromatic N) is 1. The molecule has 2 N–H and O–H groups in total. The molecule has 2 heteroatoms. The van der Waals surface area contributed by atoms with Gasteiger partial charge in [-0.1, -0.05) is 0 Å². The summed E-state index contributed by atoms with van der Waals surface area (Å²) < 4.78 is 0. The molecule has 0 rings (SSSR count). The number of rotatable bonds is 3. The van der Waals surface area contributed by atoms with Gasteiger partial charge in [0.1, 0.15) is 0 Å². The molecule has 0 aliphatic heterocycles. The van der Waals surface area contributed by atoms with Crippen LogP contribution in [-0.2, 0) is 0 Å². The molecule has 0 heterocycles. The first kappa shape index (κ1) is 6.92. The molecule has 0 spiro atoms. The first-order chi connectivity index (χ1) is 3.31. The molecular formula is C5H13N2. The zero-order valence-electron chi connectivity index (χ0n) is 4.85. The summed E-state index contributed by atoms with van der Waals surface area (Å²) in [5, 5.41) is 0. The molecule has 0 bridgehead atoms. The van der Waals surface area contributed by atoms with E-state index in [4.69, 9.17) is 5.73 Å². The normalized spacial score (nSPS) is 10.3. The van der Waals surface area contributed by atoms with E-state index in [9.17, 15) is 0 Å². The molecule has 2 nitrogen and oxygen atoms in total. The van der Waals surface area contributed by atoms with Crippen molar-refractivity contribution in [3.8, 4) is 0 Å². The van der Waals surface area contributed by atoms with Gasteiger partial charge in [-0.2, -0.15) is 0 Å². The Kier molecular flexibility index (Phi) is 4.04. The van der Waals surface area contributed by atoms with Crippen LogP contribution in [0.1, 0.15) is 0 Å². The molecule has 0 atom stereocenters. The van der Waals surface area contributed by atoms with Gasteiger partial charge in [0.2, 0.25) is 0 Å². The standard InChI is InChI=1S/C5H13N2/c1-3-7(2)5-4-6/h1,3-6H2,2H3. The highest BCUT2D eigenvalue weighted by molar-refractivity contribution is 4.50. The third-order valence-electron chi connectivity index (χ3n) is 0.893. The van der Waals surface area contributed by atoms with Gasteiger partial charge in [0, 0.05) is 13.1 Å². The van der Waals surface area contributed by atoms with E-state index >= 15 is 0 Å². The number of hydrogen-bond donors (Lipinski definition) is 1. The summed E-state index contributed by atoms with van der Waals surface area (Å²) in [5.74, 6) is 0. The summed E-state index contributed by atoms with van der Waals surface area (Å²) in [5.41, 5.74) is 5.24. The molecule has 0 saturated heterocycles. The maximum atomic E-state index is 5.24. The summed E-state index contributed by atoms with van der Waals surface area (Å²) in [4.78, 5) is 2.07. The van der Waals surface area contributed by atoms with E-state index in [1.54, 1.807) is 0 Å². The molecule has 7 heavy (non-hydrogen) atoms. The SMILES string of the molecule is [CH2]CN(C)CCN. The van der Waals surface area contributed by atoms with Gasteiger partial charge in [-0.3, -0.25) is 0 Å². The van der Waals surface area contributed by atoms with Gasteiger partial charge in [0.05, 0.1) is 0 Å². The molecule has 0 aromatic carbocycles. The topological polar surface area (TPSA) is 29.3 Å². The second-order valence-electron chi connectivity index (χ2n) is 1.59. The van der Waals surface area contributed by atoms with E-state index in [2.05, 4.69) is 11.8 Å². The van der Waals surface area contributed by atoms with E-state index in [1.807, 2.05) is 7.05 Å². The van der Waals surface area contributed by atoms with Gasteiger partial charge in [-0.25, -0.2) is 0 Å². The summed E-state index contributed by atoms with van der Waals surface area (Å²) in [6.45, 7) is 6.20. The van der Waals surface area contributed by atoms with E-state index in [0.29, 0.717) is 0 Å². The van der Waals surface area contributed by atoms with Gasteiger partial charge in [0.15, 0.2) is 0 Å². The fourth-order valence-corrected chi connectivity index (χ4v) is 0.332. The van der Waals surface area contributed by atoms with Gasteiger partial charge in [0.25, 0.3) is 0 Å². The molecule has 1 radical (unpaired) electrons. The third-order valence-corrected chi connectivity index (χ3v) is 0.893. The van der Waals surface area contributed by atoms with Crippen LogP contribution in [0.25, 0.3) is 0 Å². The van der Waals surface area contributed by atoms with Gasteiger partial charge in [-0.15, -0.1) is 0 Å². The lowest BCUT2D eigenvalue weighted by Gasteiger charge is -2.09. The van der Waals surface area contributed by atoms with E-state index in [1.165, 1.54) is 0 Å². The average molecular weight is 101 g/mol. The number of hydrogen-bond acceptors (Lipinski definition) is 2. The molecule has 43 valence electrons. The molecule has 0 aliphatic rings. The van der Waals surface area contributed by atoms with Crippen LogP contribution in [0.4, 0.5) is 0 Å². The Morgan fingerprint density at radius 1 is 1.71 bits per heavy atom.